The molecule has 0 bridgehead atoms. The third-order valence-electron chi connectivity index (χ3n) is 6.39. The minimum atomic E-state index is -0.0694. The second-order valence-corrected chi connectivity index (χ2v) is 8.62. The van der Waals surface area contributed by atoms with Crippen molar-refractivity contribution in [3.05, 3.63) is 71.8 Å². The van der Waals surface area contributed by atoms with Crippen LogP contribution in [0.2, 0.25) is 0 Å². The fourth-order valence-corrected chi connectivity index (χ4v) is 4.53. The highest BCUT2D eigenvalue weighted by Gasteiger charge is 2.33. The van der Waals surface area contributed by atoms with E-state index >= 15 is 0 Å². The normalized spacial score (nSPS) is 22.5. The molecule has 3 N–H and O–H groups in total. The zero-order valence-corrected chi connectivity index (χ0v) is 18.3. The van der Waals surface area contributed by atoms with Crippen LogP contribution in [0.4, 0.5) is 0 Å². The number of piperazine rings is 1. The molecule has 166 valence electrons. The monoisotopic (exact) mass is 421 g/mol. The molecular weight excluding hydrogens is 386 g/mol. The Hall–Kier alpha value is -2.25. The average molecular weight is 422 g/mol. The summed E-state index contributed by atoms with van der Waals surface area (Å²) in [5.74, 6) is 0.0703. The molecule has 0 spiro atoms. The first-order valence-corrected chi connectivity index (χ1v) is 11.6. The van der Waals surface area contributed by atoms with Crippen molar-refractivity contribution in [2.75, 3.05) is 45.8 Å². The van der Waals surface area contributed by atoms with E-state index in [1.54, 1.807) is 0 Å². The predicted molar refractivity (Wildman–Crippen MR) is 124 cm³/mol. The summed E-state index contributed by atoms with van der Waals surface area (Å²) in [5.41, 5.74) is 8.94. The lowest BCUT2D eigenvalue weighted by Crippen LogP contribution is -2.46. The number of amides is 1. The Labute approximate surface area is 186 Å². The van der Waals surface area contributed by atoms with Gasteiger partial charge in [-0.2, -0.15) is 0 Å². The van der Waals surface area contributed by atoms with Gasteiger partial charge in [0, 0.05) is 45.8 Å². The van der Waals surface area contributed by atoms with E-state index in [-0.39, 0.29) is 17.9 Å². The van der Waals surface area contributed by atoms with Crippen LogP contribution in [-0.2, 0) is 11.3 Å². The molecule has 0 aromatic heterocycles. The highest BCUT2D eigenvalue weighted by molar-refractivity contribution is 5.80. The van der Waals surface area contributed by atoms with Gasteiger partial charge in [0.1, 0.15) is 0 Å². The van der Waals surface area contributed by atoms with Gasteiger partial charge in [0.25, 0.3) is 0 Å². The first-order chi connectivity index (χ1) is 15.3. The minimum absolute atomic E-state index is 0.0355. The molecular formula is C25H35N5O. The highest BCUT2D eigenvalue weighted by Crippen LogP contribution is 2.24. The third-order valence-corrected chi connectivity index (χ3v) is 6.39. The van der Waals surface area contributed by atoms with Crippen LogP contribution in [0.5, 0.6) is 0 Å². The molecule has 2 aromatic carbocycles. The van der Waals surface area contributed by atoms with Crippen LogP contribution in [0.3, 0.4) is 0 Å². The summed E-state index contributed by atoms with van der Waals surface area (Å²) in [5, 5.41) is 3.15. The van der Waals surface area contributed by atoms with Crippen molar-refractivity contribution < 1.29 is 4.79 Å². The zero-order chi connectivity index (χ0) is 21.3. The summed E-state index contributed by atoms with van der Waals surface area (Å²) in [6.07, 6.45) is 2.15. The molecule has 31 heavy (non-hydrogen) atoms. The van der Waals surface area contributed by atoms with E-state index < -0.39 is 0 Å². The van der Waals surface area contributed by atoms with Crippen molar-refractivity contribution >= 4 is 5.91 Å². The first-order valence-electron chi connectivity index (χ1n) is 11.6. The number of unbranched alkanes of at least 4 members (excludes halogenated alkanes) is 1. The Morgan fingerprint density at radius 3 is 2.32 bits per heavy atom. The van der Waals surface area contributed by atoms with Gasteiger partial charge >= 0.3 is 0 Å². The maximum atomic E-state index is 12.7. The number of nitrogens with zero attached hydrogens (tertiary/aromatic N) is 2. The number of hydrazine groups is 1. The fourth-order valence-electron chi connectivity index (χ4n) is 4.53. The number of carbonyl (C=O) groups excluding carboxylic acids is 1. The smallest absolute Gasteiger partial charge is 0.226 e. The van der Waals surface area contributed by atoms with Crippen LogP contribution in [0.1, 0.15) is 30.0 Å². The molecule has 2 aliphatic heterocycles. The van der Waals surface area contributed by atoms with Gasteiger partial charge in [-0.05, 0) is 30.5 Å². The van der Waals surface area contributed by atoms with Crippen molar-refractivity contribution in [1.82, 2.24) is 26.0 Å². The molecule has 2 saturated heterocycles. The van der Waals surface area contributed by atoms with Crippen molar-refractivity contribution in [2.45, 2.75) is 25.4 Å². The minimum Gasteiger partial charge on any atom is -0.356 e. The summed E-state index contributed by atoms with van der Waals surface area (Å²) in [6.45, 7) is 8.13. The lowest BCUT2D eigenvalue weighted by molar-refractivity contribution is -0.124. The molecule has 1 amide bonds. The van der Waals surface area contributed by atoms with E-state index in [1.165, 1.54) is 5.56 Å². The lowest BCUT2D eigenvalue weighted by Gasteiger charge is -2.34. The second-order valence-electron chi connectivity index (χ2n) is 8.62. The third kappa shape index (κ3) is 6.37. The van der Waals surface area contributed by atoms with E-state index in [2.05, 4.69) is 68.4 Å². The zero-order valence-electron chi connectivity index (χ0n) is 18.3. The molecule has 0 aliphatic carbocycles. The van der Waals surface area contributed by atoms with Crippen LogP contribution in [0.15, 0.2) is 60.7 Å². The largest absolute Gasteiger partial charge is 0.356 e. The first kappa shape index (κ1) is 22.0. The van der Waals surface area contributed by atoms with Gasteiger partial charge < -0.3 is 10.2 Å². The van der Waals surface area contributed by atoms with E-state index in [1.807, 2.05) is 18.2 Å². The number of hydrogen-bond donors (Lipinski definition) is 3. The van der Waals surface area contributed by atoms with Gasteiger partial charge in [0.05, 0.1) is 12.0 Å². The summed E-state index contributed by atoms with van der Waals surface area (Å²) >= 11 is 0. The number of benzene rings is 2. The summed E-state index contributed by atoms with van der Waals surface area (Å²) in [7, 11) is 0. The topological polar surface area (TPSA) is 59.6 Å². The standard InChI is InChI=1S/C25H35N5O/c31-25(23-19-27-28-24(23)22-11-5-2-6-12-22)26-13-7-8-14-29-15-17-30(18-16-29)20-21-9-3-1-4-10-21/h1-6,9-12,23-24,27-28H,7-8,13-20H2,(H,26,31). The van der Waals surface area contributed by atoms with E-state index in [0.717, 1.165) is 64.2 Å². The molecule has 0 saturated carbocycles. The van der Waals surface area contributed by atoms with Crippen LogP contribution in [0, 0.1) is 5.92 Å². The molecule has 0 radical (unpaired) electrons. The van der Waals surface area contributed by atoms with E-state index in [9.17, 15) is 4.79 Å². The summed E-state index contributed by atoms with van der Waals surface area (Å²) < 4.78 is 0. The maximum absolute atomic E-state index is 12.7. The maximum Gasteiger partial charge on any atom is 0.226 e. The summed E-state index contributed by atoms with van der Waals surface area (Å²) in [4.78, 5) is 17.8. The Morgan fingerprint density at radius 2 is 1.58 bits per heavy atom. The van der Waals surface area contributed by atoms with Gasteiger partial charge in [-0.1, -0.05) is 60.7 Å². The van der Waals surface area contributed by atoms with Gasteiger partial charge in [-0.15, -0.1) is 0 Å². The SMILES string of the molecule is O=C(NCCCCN1CCN(Cc2ccccc2)CC1)C1CNNC1c1ccccc1. The molecule has 2 atom stereocenters. The second kappa shape index (κ2) is 11.4. The lowest BCUT2D eigenvalue weighted by atomic mass is 9.94. The number of hydrogen-bond acceptors (Lipinski definition) is 5. The van der Waals surface area contributed by atoms with Gasteiger partial charge in [-0.3, -0.25) is 15.1 Å². The molecule has 2 unspecified atom stereocenters. The Balaban J connectivity index is 1.09. The van der Waals surface area contributed by atoms with Crippen LogP contribution in [-0.4, -0.2) is 61.5 Å². The van der Waals surface area contributed by atoms with Gasteiger partial charge in [0.2, 0.25) is 5.91 Å². The Kier molecular flexibility index (Phi) is 8.07. The fraction of sp³-hybridized carbons (Fsp3) is 0.480. The Morgan fingerprint density at radius 1 is 0.903 bits per heavy atom. The van der Waals surface area contributed by atoms with Gasteiger partial charge in [-0.25, -0.2) is 5.43 Å². The van der Waals surface area contributed by atoms with E-state index in [4.69, 9.17) is 0 Å². The quantitative estimate of drug-likeness (QED) is 0.542. The van der Waals surface area contributed by atoms with Crippen LogP contribution < -0.4 is 16.2 Å². The molecule has 2 aliphatic rings. The Bertz CT molecular complexity index is 792. The van der Waals surface area contributed by atoms with Crippen molar-refractivity contribution in [3.63, 3.8) is 0 Å². The highest BCUT2D eigenvalue weighted by atomic mass is 16.2. The molecule has 4 rings (SSSR count). The van der Waals surface area contributed by atoms with Gasteiger partial charge in [0.15, 0.2) is 0 Å². The molecule has 6 heteroatoms. The number of rotatable bonds is 9. The number of carbonyl (C=O) groups is 1. The predicted octanol–water partition coefficient (Wildman–Crippen LogP) is 2.17. The molecule has 2 heterocycles. The van der Waals surface area contributed by atoms with Crippen LogP contribution >= 0.6 is 0 Å². The number of nitrogens with one attached hydrogen (secondary N) is 3. The average Bonchev–Trinajstić information content (AvgIpc) is 3.31. The van der Waals surface area contributed by atoms with Crippen LogP contribution in [0.25, 0.3) is 0 Å². The van der Waals surface area contributed by atoms with Crippen molar-refractivity contribution in [1.29, 1.82) is 0 Å². The summed E-state index contributed by atoms with van der Waals surface area (Å²) in [6, 6.07) is 21.0. The van der Waals surface area contributed by atoms with Crippen molar-refractivity contribution in [3.8, 4) is 0 Å². The molecule has 2 aromatic rings. The van der Waals surface area contributed by atoms with E-state index in [0.29, 0.717) is 6.54 Å². The van der Waals surface area contributed by atoms with Crippen molar-refractivity contribution in [2.24, 2.45) is 5.92 Å². The molecule has 6 nitrogen and oxygen atoms in total. The molecule has 2 fully saturated rings.